The van der Waals surface area contributed by atoms with Crippen molar-refractivity contribution in [3.63, 3.8) is 0 Å². The molecular formula is C14H25N5O6. The van der Waals surface area contributed by atoms with Crippen molar-refractivity contribution < 1.29 is 29.1 Å². The van der Waals surface area contributed by atoms with Crippen LogP contribution in [0.3, 0.4) is 0 Å². The molecule has 0 aliphatic carbocycles. The molecule has 7 N–H and O–H groups in total. The first-order valence-electron chi connectivity index (χ1n) is 7.67. The van der Waals surface area contributed by atoms with Crippen LogP contribution in [0.15, 0.2) is 0 Å². The van der Waals surface area contributed by atoms with Gasteiger partial charge in [0, 0.05) is 0 Å². The van der Waals surface area contributed by atoms with Crippen LogP contribution in [0.2, 0.25) is 0 Å². The van der Waals surface area contributed by atoms with E-state index < -0.39 is 48.7 Å². The van der Waals surface area contributed by atoms with E-state index in [-0.39, 0.29) is 19.0 Å². The summed E-state index contributed by atoms with van der Waals surface area (Å²) >= 11 is 0. The summed E-state index contributed by atoms with van der Waals surface area (Å²) in [4.78, 5) is 56.0. The fourth-order valence-corrected chi connectivity index (χ4v) is 1.63. The van der Waals surface area contributed by atoms with E-state index in [9.17, 15) is 24.0 Å². The van der Waals surface area contributed by atoms with E-state index in [1.807, 2.05) is 13.8 Å². The highest BCUT2D eigenvalue weighted by Crippen LogP contribution is 2.02. The SMILES string of the molecule is CC(C)C[C@H](N)C(=O)NCC(=O)NCC(=O)NCC(=O)NCC(=O)O. The van der Waals surface area contributed by atoms with Gasteiger partial charge in [-0.15, -0.1) is 0 Å². The van der Waals surface area contributed by atoms with Crippen LogP contribution in [0.1, 0.15) is 20.3 Å². The quantitative estimate of drug-likeness (QED) is 0.226. The van der Waals surface area contributed by atoms with E-state index in [1.165, 1.54) is 0 Å². The third kappa shape index (κ3) is 12.4. The third-order valence-electron chi connectivity index (χ3n) is 2.81. The highest BCUT2D eigenvalue weighted by molar-refractivity contribution is 5.91. The second-order valence-electron chi connectivity index (χ2n) is 5.68. The van der Waals surface area contributed by atoms with Crippen molar-refractivity contribution in [3.8, 4) is 0 Å². The number of hydrogen-bond acceptors (Lipinski definition) is 6. The molecule has 0 aliphatic rings. The predicted octanol–water partition coefficient (Wildman–Crippen LogP) is -3.09. The van der Waals surface area contributed by atoms with Crippen LogP contribution in [0, 0.1) is 5.92 Å². The van der Waals surface area contributed by atoms with E-state index in [2.05, 4.69) is 21.3 Å². The maximum absolute atomic E-state index is 11.6. The lowest BCUT2D eigenvalue weighted by molar-refractivity contribution is -0.137. The molecule has 0 spiro atoms. The summed E-state index contributed by atoms with van der Waals surface area (Å²) in [6, 6.07) is -0.708. The van der Waals surface area contributed by atoms with E-state index >= 15 is 0 Å². The number of carboxylic acid groups (broad SMARTS) is 1. The Morgan fingerprint density at radius 3 is 1.60 bits per heavy atom. The molecule has 4 amide bonds. The molecule has 1 atom stereocenters. The van der Waals surface area contributed by atoms with Crippen LogP contribution in [0.4, 0.5) is 0 Å². The lowest BCUT2D eigenvalue weighted by Crippen LogP contribution is -2.47. The van der Waals surface area contributed by atoms with Crippen molar-refractivity contribution >= 4 is 29.6 Å². The second kappa shape index (κ2) is 11.8. The van der Waals surface area contributed by atoms with Gasteiger partial charge in [-0.05, 0) is 12.3 Å². The van der Waals surface area contributed by atoms with Gasteiger partial charge in [0.1, 0.15) is 6.54 Å². The van der Waals surface area contributed by atoms with Crippen molar-refractivity contribution in [2.45, 2.75) is 26.3 Å². The smallest absolute Gasteiger partial charge is 0.322 e. The maximum atomic E-state index is 11.6. The Bertz CT molecular complexity index is 508. The molecule has 25 heavy (non-hydrogen) atoms. The average molecular weight is 359 g/mol. The van der Waals surface area contributed by atoms with Crippen molar-refractivity contribution in [1.82, 2.24) is 21.3 Å². The molecular weight excluding hydrogens is 334 g/mol. The van der Waals surface area contributed by atoms with Crippen LogP contribution in [-0.4, -0.2) is 66.9 Å². The van der Waals surface area contributed by atoms with Crippen LogP contribution in [-0.2, 0) is 24.0 Å². The first-order valence-corrected chi connectivity index (χ1v) is 7.67. The molecule has 0 aliphatic heterocycles. The minimum Gasteiger partial charge on any atom is -0.480 e. The predicted molar refractivity (Wildman–Crippen MR) is 87.1 cm³/mol. The van der Waals surface area contributed by atoms with Gasteiger partial charge in [-0.2, -0.15) is 0 Å². The van der Waals surface area contributed by atoms with Crippen LogP contribution in [0.5, 0.6) is 0 Å². The Balaban J connectivity index is 3.90. The van der Waals surface area contributed by atoms with E-state index in [0.717, 1.165) is 0 Å². The number of carbonyl (C=O) groups is 5. The number of amides is 4. The number of hydrogen-bond donors (Lipinski definition) is 6. The standard InChI is InChI=1S/C14H25N5O6/c1-8(2)3-9(15)14(25)19-6-12(22)17-4-10(20)16-5-11(21)18-7-13(23)24/h8-9H,3-7,15H2,1-2H3,(H,16,20)(H,17,22)(H,18,21)(H,19,25)(H,23,24)/t9-/m0/s1. The monoisotopic (exact) mass is 359 g/mol. The zero-order chi connectivity index (χ0) is 19.4. The Labute approximate surface area is 145 Å². The molecule has 142 valence electrons. The van der Waals surface area contributed by atoms with Crippen LogP contribution in [0.25, 0.3) is 0 Å². The Kier molecular flexibility index (Phi) is 10.5. The number of nitrogens with one attached hydrogen (secondary N) is 4. The first kappa shape index (κ1) is 22.3. The molecule has 0 unspecified atom stereocenters. The lowest BCUT2D eigenvalue weighted by atomic mass is 10.0. The molecule has 0 rings (SSSR count). The normalized spacial score (nSPS) is 11.4. The lowest BCUT2D eigenvalue weighted by Gasteiger charge is -2.14. The number of carboxylic acids is 1. The molecule has 0 aromatic carbocycles. The Morgan fingerprint density at radius 2 is 1.20 bits per heavy atom. The zero-order valence-corrected chi connectivity index (χ0v) is 14.3. The van der Waals surface area contributed by atoms with Gasteiger partial charge in [0.2, 0.25) is 23.6 Å². The van der Waals surface area contributed by atoms with Crippen molar-refractivity contribution in [2.24, 2.45) is 11.7 Å². The van der Waals surface area contributed by atoms with Gasteiger partial charge < -0.3 is 32.1 Å². The fraction of sp³-hybridized carbons (Fsp3) is 0.643. The summed E-state index contributed by atoms with van der Waals surface area (Å²) in [5, 5.41) is 17.2. The summed E-state index contributed by atoms with van der Waals surface area (Å²) in [6.45, 7) is 2.16. The van der Waals surface area contributed by atoms with Gasteiger partial charge in [0.05, 0.1) is 25.7 Å². The Hall–Kier alpha value is -2.69. The van der Waals surface area contributed by atoms with Crippen LogP contribution < -0.4 is 27.0 Å². The maximum Gasteiger partial charge on any atom is 0.322 e. The molecule has 0 saturated heterocycles. The number of carbonyl (C=O) groups excluding carboxylic acids is 4. The van der Waals surface area contributed by atoms with E-state index in [0.29, 0.717) is 6.42 Å². The minimum absolute atomic E-state index is 0.242. The number of nitrogens with two attached hydrogens (primary N) is 1. The van der Waals surface area contributed by atoms with Crippen molar-refractivity contribution in [3.05, 3.63) is 0 Å². The van der Waals surface area contributed by atoms with Gasteiger partial charge >= 0.3 is 5.97 Å². The summed E-state index contributed by atoms with van der Waals surface area (Å²) in [5.74, 6) is -3.32. The zero-order valence-electron chi connectivity index (χ0n) is 14.3. The van der Waals surface area contributed by atoms with Gasteiger partial charge in [0.15, 0.2) is 0 Å². The fourth-order valence-electron chi connectivity index (χ4n) is 1.63. The summed E-state index contributed by atoms with van der Waals surface area (Å²) in [6.07, 6.45) is 0.486. The Morgan fingerprint density at radius 1 is 0.800 bits per heavy atom. The largest absolute Gasteiger partial charge is 0.480 e. The first-order chi connectivity index (χ1) is 11.6. The molecule has 0 saturated carbocycles. The third-order valence-corrected chi connectivity index (χ3v) is 2.81. The van der Waals surface area contributed by atoms with Crippen molar-refractivity contribution in [2.75, 3.05) is 26.2 Å². The van der Waals surface area contributed by atoms with Gasteiger partial charge in [-0.25, -0.2) is 0 Å². The molecule has 11 nitrogen and oxygen atoms in total. The summed E-state index contributed by atoms with van der Waals surface area (Å²) in [7, 11) is 0. The number of aliphatic carboxylic acids is 1. The molecule has 0 aromatic rings. The summed E-state index contributed by atoms with van der Waals surface area (Å²) < 4.78 is 0. The molecule has 0 aromatic heterocycles. The topological polar surface area (TPSA) is 180 Å². The van der Waals surface area contributed by atoms with Gasteiger partial charge in [0.25, 0.3) is 0 Å². The number of rotatable bonds is 11. The molecule has 0 radical (unpaired) electrons. The van der Waals surface area contributed by atoms with E-state index in [4.69, 9.17) is 10.8 Å². The molecule has 0 bridgehead atoms. The second-order valence-corrected chi connectivity index (χ2v) is 5.68. The summed E-state index contributed by atoms with van der Waals surface area (Å²) in [5.41, 5.74) is 5.66. The van der Waals surface area contributed by atoms with Gasteiger partial charge in [-0.3, -0.25) is 24.0 Å². The van der Waals surface area contributed by atoms with E-state index in [1.54, 1.807) is 0 Å². The average Bonchev–Trinajstić information content (AvgIpc) is 2.53. The highest BCUT2D eigenvalue weighted by atomic mass is 16.4. The molecule has 0 heterocycles. The van der Waals surface area contributed by atoms with Gasteiger partial charge in [-0.1, -0.05) is 13.8 Å². The van der Waals surface area contributed by atoms with Crippen LogP contribution >= 0.6 is 0 Å². The molecule has 0 fully saturated rings. The highest BCUT2D eigenvalue weighted by Gasteiger charge is 2.16. The molecule has 11 heteroatoms. The van der Waals surface area contributed by atoms with Crippen molar-refractivity contribution in [1.29, 1.82) is 0 Å². The minimum atomic E-state index is -1.21.